The van der Waals surface area contributed by atoms with Crippen LogP contribution < -0.4 is 9.47 Å². The third kappa shape index (κ3) is 3.92. The van der Waals surface area contributed by atoms with Crippen molar-refractivity contribution < 1.29 is 22.3 Å². The quantitative estimate of drug-likeness (QED) is 0.583. The second-order valence-corrected chi connectivity index (χ2v) is 8.19. The summed E-state index contributed by atoms with van der Waals surface area (Å²) in [6.45, 7) is 0.346. The van der Waals surface area contributed by atoms with Crippen molar-refractivity contribution in [3.63, 3.8) is 0 Å². The van der Waals surface area contributed by atoms with Crippen molar-refractivity contribution in [2.45, 2.75) is 18.0 Å². The Kier molecular flexibility index (Phi) is 5.65. The molecule has 0 atom stereocenters. The molecule has 3 aromatic rings. The first kappa shape index (κ1) is 18.5. The molecular formula is C18H19NO5S2. The number of hydrogen-bond donors (Lipinski definition) is 0. The molecule has 0 bridgehead atoms. The normalized spacial score (nSPS) is 11.7. The van der Waals surface area contributed by atoms with Gasteiger partial charge in [0.25, 0.3) is 0 Å². The van der Waals surface area contributed by atoms with E-state index in [4.69, 9.17) is 13.9 Å². The molecule has 8 heteroatoms. The lowest BCUT2D eigenvalue weighted by atomic mass is 10.3. The molecule has 0 radical (unpaired) electrons. The van der Waals surface area contributed by atoms with Crippen molar-refractivity contribution in [2.24, 2.45) is 0 Å². The molecule has 0 N–H and O–H groups in total. The van der Waals surface area contributed by atoms with Gasteiger partial charge in [-0.3, -0.25) is 0 Å². The number of benzene rings is 1. The first-order chi connectivity index (χ1) is 12.5. The van der Waals surface area contributed by atoms with Crippen LogP contribution in [0.2, 0.25) is 0 Å². The van der Waals surface area contributed by atoms with E-state index in [-0.39, 0.29) is 23.7 Å². The molecule has 138 valence electrons. The molecule has 26 heavy (non-hydrogen) atoms. The number of furan rings is 1. The Balaban J connectivity index is 2.03. The van der Waals surface area contributed by atoms with E-state index in [9.17, 15) is 8.42 Å². The van der Waals surface area contributed by atoms with E-state index in [0.29, 0.717) is 11.5 Å². The second-order valence-electron chi connectivity index (χ2n) is 5.50. The minimum absolute atomic E-state index is 0.0566. The molecule has 0 saturated carbocycles. The van der Waals surface area contributed by atoms with Gasteiger partial charge in [-0.15, -0.1) is 0 Å². The van der Waals surface area contributed by atoms with Crippen LogP contribution in [0.1, 0.15) is 11.3 Å². The number of nitrogens with zero attached hydrogens (tertiary/aromatic N) is 1. The van der Waals surface area contributed by atoms with Crippen molar-refractivity contribution in [1.82, 2.24) is 4.31 Å². The highest BCUT2D eigenvalue weighted by molar-refractivity contribution is 7.89. The summed E-state index contributed by atoms with van der Waals surface area (Å²) in [6.07, 6.45) is 1.52. The molecule has 0 aliphatic heterocycles. The summed E-state index contributed by atoms with van der Waals surface area (Å²) < 4.78 is 43.9. The number of methoxy groups -OCH3 is 2. The maximum Gasteiger partial charge on any atom is 0.247 e. The van der Waals surface area contributed by atoms with Crippen molar-refractivity contribution in [3.8, 4) is 11.5 Å². The van der Waals surface area contributed by atoms with Crippen molar-refractivity contribution >= 4 is 21.4 Å². The fourth-order valence-corrected chi connectivity index (χ4v) is 4.74. The fourth-order valence-electron chi connectivity index (χ4n) is 2.51. The zero-order valence-electron chi connectivity index (χ0n) is 14.4. The molecule has 0 aliphatic rings. The third-order valence-electron chi connectivity index (χ3n) is 3.84. The average Bonchev–Trinajstić information content (AvgIpc) is 3.34. The van der Waals surface area contributed by atoms with Crippen molar-refractivity contribution in [3.05, 3.63) is 64.7 Å². The van der Waals surface area contributed by atoms with Gasteiger partial charge in [0.1, 0.15) is 22.2 Å². The Morgan fingerprint density at radius 3 is 2.58 bits per heavy atom. The third-order valence-corrected chi connectivity index (χ3v) is 6.38. The number of ether oxygens (including phenoxy) is 2. The summed E-state index contributed by atoms with van der Waals surface area (Å²) in [4.78, 5) is 0.0566. The lowest BCUT2D eigenvalue weighted by Gasteiger charge is -2.22. The zero-order chi connectivity index (χ0) is 18.6. The molecule has 0 saturated heterocycles. The van der Waals surface area contributed by atoms with Gasteiger partial charge in [0.15, 0.2) is 0 Å². The molecule has 0 fully saturated rings. The van der Waals surface area contributed by atoms with Gasteiger partial charge in [-0.2, -0.15) is 15.6 Å². The van der Waals surface area contributed by atoms with Crippen LogP contribution >= 0.6 is 11.3 Å². The predicted octanol–water partition coefficient (Wildman–Crippen LogP) is 3.75. The van der Waals surface area contributed by atoms with Crippen LogP contribution in [0.5, 0.6) is 11.5 Å². The van der Waals surface area contributed by atoms with Crippen LogP contribution in [0.15, 0.2) is 62.7 Å². The summed E-state index contributed by atoms with van der Waals surface area (Å²) in [5.41, 5.74) is 0.909. The lowest BCUT2D eigenvalue weighted by Crippen LogP contribution is -2.30. The Labute approximate surface area is 156 Å². The molecule has 0 aliphatic carbocycles. The first-order valence-corrected chi connectivity index (χ1v) is 10.2. The predicted molar refractivity (Wildman–Crippen MR) is 99.0 cm³/mol. The molecule has 0 spiro atoms. The Hall–Kier alpha value is -2.29. The maximum atomic E-state index is 13.4. The van der Waals surface area contributed by atoms with E-state index < -0.39 is 10.0 Å². The van der Waals surface area contributed by atoms with Gasteiger partial charge in [0, 0.05) is 12.6 Å². The molecule has 6 nitrogen and oxygen atoms in total. The maximum absolute atomic E-state index is 13.4. The van der Waals surface area contributed by atoms with Gasteiger partial charge in [-0.25, -0.2) is 8.42 Å². The van der Waals surface area contributed by atoms with E-state index in [1.165, 1.54) is 42.2 Å². The van der Waals surface area contributed by atoms with E-state index in [0.717, 1.165) is 5.56 Å². The fraction of sp³-hybridized carbons (Fsp3) is 0.222. The summed E-state index contributed by atoms with van der Waals surface area (Å²) in [6, 6.07) is 10.1. The standard InChI is InChI=1S/C18H19NO5S2/c1-22-15-5-6-17(23-2)18(10-15)26(20,21)19(11-14-7-9-25-13-14)12-16-4-3-8-24-16/h3-10,13H,11-12H2,1-2H3. The van der Waals surface area contributed by atoms with Gasteiger partial charge in [-0.05, 0) is 46.7 Å². The minimum atomic E-state index is -3.86. The highest BCUT2D eigenvalue weighted by Gasteiger charge is 2.29. The van der Waals surface area contributed by atoms with Crippen molar-refractivity contribution in [2.75, 3.05) is 14.2 Å². The number of sulfonamides is 1. The van der Waals surface area contributed by atoms with E-state index >= 15 is 0 Å². The Morgan fingerprint density at radius 1 is 1.12 bits per heavy atom. The van der Waals surface area contributed by atoms with Crippen LogP contribution in [-0.2, 0) is 23.1 Å². The highest BCUT2D eigenvalue weighted by Crippen LogP contribution is 2.32. The van der Waals surface area contributed by atoms with Gasteiger partial charge in [0.2, 0.25) is 10.0 Å². The molecule has 3 rings (SSSR count). The summed E-state index contributed by atoms with van der Waals surface area (Å²) in [5.74, 6) is 1.27. The van der Waals surface area contributed by atoms with E-state index in [1.54, 1.807) is 24.3 Å². The molecule has 0 unspecified atom stereocenters. The second kappa shape index (κ2) is 7.94. The van der Waals surface area contributed by atoms with Gasteiger partial charge >= 0.3 is 0 Å². The van der Waals surface area contributed by atoms with E-state index in [2.05, 4.69) is 0 Å². The van der Waals surface area contributed by atoms with Crippen LogP contribution in [-0.4, -0.2) is 26.9 Å². The summed E-state index contributed by atoms with van der Waals surface area (Å²) in [7, 11) is -0.924. The molecule has 2 heterocycles. The SMILES string of the molecule is COc1ccc(OC)c(S(=O)(=O)N(Cc2ccsc2)Cc2ccco2)c1. The van der Waals surface area contributed by atoms with Gasteiger partial charge in [0.05, 0.1) is 27.0 Å². The first-order valence-electron chi connectivity index (χ1n) is 7.80. The van der Waals surface area contributed by atoms with Crippen LogP contribution in [0.25, 0.3) is 0 Å². The minimum Gasteiger partial charge on any atom is -0.497 e. The topological polar surface area (TPSA) is 69.0 Å². The van der Waals surface area contributed by atoms with Crippen LogP contribution in [0.3, 0.4) is 0 Å². The average molecular weight is 393 g/mol. The number of hydrogen-bond acceptors (Lipinski definition) is 6. The van der Waals surface area contributed by atoms with Crippen LogP contribution in [0, 0.1) is 0 Å². The van der Waals surface area contributed by atoms with Crippen molar-refractivity contribution in [1.29, 1.82) is 0 Å². The van der Waals surface area contributed by atoms with Gasteiger partial charge in [-0.1, -0.05) is 0 Å². The highest BCUT2D eigenvalue weighted by atomic mass is 32.2. The monoisotopic (exact) mass is 393 g/mol. The lowest BCUT2D eigenvalue weighted by molar-refractivity contribution is 0.352. The Morgan fingerprint density at radius 2 is 1.96 bits per heavy atom. The zero-order valence-corrected chi connectivity index (χ0v) is 16.0. The largest absolute Gasteiger partial charge is 0.497 e. The molecular weight excluding hydrogens is 374 g/mol. The molecule has 0 amide bonds. The smallest absolute Gasteiger partial charge is 0.247 e. The van der Waals surface area contributed by atoms with E-state index in [1.807, 2.05) is 16.8 Å². The molecule has 2 aromatic heterocycles. The number of rotatable bonds is 8. The Bertz CT molecular complexity index is 898. The van der Waals surface area contributed by atoms with Gasteiger partial charge < -0.3 is 13.9 Å². The summed E-state index contributed by atoms with van der Waals surface area (Å²) in [5, 5.41) is 3.84. The van der Waals surface area contributed by atoms with Crippen LogP contribution in [0.4, 0.5) is 0 Å². The molecule has 1 aromatic carbocycles. The summed E-state index contributed by atoms with van der Waals surface area (Å²) >= 11 is 1.52. The number of thiophene rings is 1.